The summed E-state index contributed by atoms with van der Waals surface area (Å²) in [5, 5.41) is 2.48. The zero-order chi connectivity index (χ0) is 14.9. The van der Waals surface area contributed by atoms with Gasteiger partial charge in [0.25, 0.3) is 5.91 Å². The van der Waals surface area contributed by atoms with Crippen molar-refractivity contribution in [2.24, 2.45) is 0 Å². The Hall–Kier alpha value is -2.08. The van der Waals surface area contributed by atoms with Crippen molar-refractivity contribution in [3.63, 3.8) is 0 Å². The Balaban J connectivity index is 2.32. The van der Waals surface area contributed by atoms with Gasteiger partial charge in [-0.25, -0.2) is 0 Å². The van der Waals surface area contributed by atoms with Gasteiger partial charge in [-0.3, -0.25) is 19.7 Å². The highest BCUT2D eigenvalue weighted by molar-refractivity contribution is 6.33. The van der Waals surface area contributed by atoms with Crippen LogP contribution in [0.2, 0.25) is 5.02 Å². The number of rotatable bonds is 2. The molecule has 2 rings (SSSR count). The van der Waals surface area contributed by atoms with E-state index in [0.717, 1.165) is 0 Å². The Labute approximate surface area is 120 Å². The highest BCUT2D eigenvalue weighted by Gasteiger charge is 2.35. The van der Waals surface area contributed by atoms with E-state index in [9.17, 15) is 14.4 Å². The van der Waals surface area contributed by atoms with Crippen LogP contribution in [0.1, 0.15) is 23.7 Å². The van der Waals surface area contributed by atoms with Crippen molar-refractivity contribution in [1.29, 1.82) is 0 Å². The number of nitrogen functional groups attached to an aromatic ring is 1. The van der Waals surface area contributed by atoms with Crippen LogP contribution < -0.4 is 11.1 Å². The van der Waals surface area contributed by atoms with E-state index in [2.05, 4.69) is 5.32 Å². The maximum atomic E-state index is 12.4. The van der Waals surface area contributed by atoms with Crippen LogP contribution in [0.5, 0.6) is 0 Å². The number of carbonyl (C=O) groups excluding carboxylic acids is 3. The molecule has 1 aromatic carbocycles. The van der Waals surface area contributed by atoms with E-state index in [1.807, 2.05) is 0 Å². The number of amides is 3. The van der Waals surface area contributed by atoms with Gasteiger partial charge in [0, 0.05) is 5.56 Å². The van der Waals surface area contributed by atoms with Crippen LogP contribution in [0.4, 0.5) is 5.69 Å². The first kappa shape index (κ1) is 14.3. The number of halogens is 1. The number of carbonyl (C=O) groups is 3. The first-order valence-corrected chi connectivity index (χ1v) is 6.51. The number of anilines is 1. The summed E-state index contributed by atoms with van der Waals surface area (Å²) in [6.07, 6.45) is 0.424. The van der Waals surface area contributed by atoms with Crippen molar-refractivity contribution in [1.82, 2.24) is 10.2 Å². The molecule has 0 saturated carbocycles. The van der Waals surface area contributed by atoms with E-state index in [4.69, 9.17) is 17.3 Å². The minimum atomic E-state index is -0.656. The van der Waals surface area contributed by atoms with E-state index < -0.39 is 23.8 Å². The number of piperazine rings is 1. The topological polar surface area (TPSA) is 92.5 Å². The maximum absolute atomic E-state index is 12.4. The Morgan fingerprint density at radius 1 is 1.50 bits per heavy atom. The highest BCUT2D eigenvalue weighted by atomic mass is 35.5. The van der Waals surface area contributed by atoms with Gasteiger partial charge < -0.3 is 10.6 Å². The van der Waals surface area contributed by atoms with Crippen molar-refractivity contribution in [3.05, 3.63) is 28.8 Å². The first-order valence-electron chi connectivity index (χ1n) is 6.13. The lowest BCUT2D eigenvalue weighted by Gasteiger charge is -2.33. The Kier molecular flexibility index (Phi) is 3.94. The smallest absolute Gasteiger partial charge is 0.255 e. The normalized spacial score (nSPS) is 18.9. The second-order valence-electron chi connectivity index (χ2n) is 4.51. The van der Waals surface area contributed by atoms with Gasteiger partial charge in [-0.05, 0) is 24.6 Å². The lowest BCUT2D eigenvalue weighted by atomic mass is 10.1. The summed E-state index contributed by atoms with van der Waals surface area (Å²) >= 11 is 5.88. The largest absolute Gasteiger partial charge is 0.398 e. The van der Waals surface area contributed by atoms with Crippen molar-refractivity contribution >= 4 is 35.0 Å². The molecule has 1 heterocycles. The molecule has 1 unspecified atom stereocenters. The molecular weight excluding hydrogens is 282 g/mol. The summed E-state index contributed by atoms with van der Waals surface area (Å²) in [5.41, 5.74) is 6.25. The Bertz CT molecular complexity index is 588. The maximum Gasteiger partial charge on any atom is 0.255 e. The first-order chi connectivity index (χ1) is 9.43. The molecule has 3 amide bonds. The van der Waals surface area contributed by atoms with E-state index in [0.29, 0.717) is 17.7 Å². The molecule has 1 atom stereocenters. The van der Waals surface area contributed by atoms with Crippen LogP contribution in [-0.4, -0.2) is 35.2 Å². The number of nitrogens with two attached hydrogens (primary N) is 1. The minimum absolute atomic E-state index is 0.148. The van der Waals surface area contributed by atoms with Gasteiger partial charge in [0.05, 0.1) is 10.7 Å². The van der Waals surface area contributed by atoms with Crippen LogP contribution >= 0.6 is 11.6 Å². The van der Waals surface area contributed by atoms with Crippen molar-refractivity contribution in [2.75, 3.05) is 12.3 Å². The molecule has 6 nitrogen and oxygen atoms in total. The second kappa shape index (κ2) is 5.50. The summed E-state index contributed by atoms with van der Waals surface area (Å²) in [6, 6.07) is 3.81. The third-order valence-electron chi connectivity index (χ3n) is 3.15. The van der Waals surface area contributed by atoms with Gasteiger partial charge in [0.1, 0.15) is 12.6 Å². The number of nitrogens with zero attached hydrogens (tertiary/aromatic N) is 1. The molecule has 3 N–H and O–H groups in total. The summed E-state index contributed by atoms with van der Waals surface area (Å²) < 4.78 is 0. The van der Waals surface area contributed by atoms with Crippen LogP contribution in [0, 0.1) is 0 Å². The molecule has 1 aliphatic rings. The predicted molar refractivity (Wildman–Crippen MR) is 74.1 cm³/mol. The average molecular weight is 296 g/mol. The van der Waals surface area contributed by atoms with Gasteiger partial charge in [-0.1, -0.05) is 18.5 Å². The molecule has 0 aromatic heterocycles. The number of imide groups is 1. The summed E-state index contributed by atoms with van der Waals surface area (Å²) in [7, 11) is 0. The number of hydrogen-bond acceptors (Lipinski definition) is 4. The predicted octanol–water partition coefficient (Wildman–Crippen LogP) is 0.799. The van der Waals surface area contributed by atoms with E-state index >= 15 is 0 Å². The molecule has 106 valence electrons. The summed E-state index contributed by atoms with van der Waals surface area (Å²) in [4.78, 5) is 36.8. The fraction of sp³-hybridized carbons (Fsp3) is 0.308. The SMILES string of the molecule is CCC1C(=O)NC(=O)CN1C(=O)c1ccc(N)c(Cl)c1. The van der Waals surface area contributed by atoms with Crippen molar-refractivity contribution in [2.45, 2.75) is 19.4 Å². The average Bonchev–Trinajstić information content (AvgIpc) is 2.40. The van der Waals surface area contributed by atoms with Crippen LogP contribution in [0.15, 0.2) is 18.2 Å². The Morgan fingerprint density at radius 3 is 2.80 bits per heavy atom. The van der Waals surface area contributed by atoms with Gasteiger partial charge in [-0.15, -0.1) is 0 Å². The monoisotopic (exact) mass is 295 g/mol. The fourth-order valence-corrected chi connectivity index (χ4v) is 2.29. The third kappa shape index (κ3) is 2.60. The molecule has 20 heavy (non-hydrogen) atoms. The van der Waals surface area contributed by atoms with E-state index in [1.165, 1.54) is 23.1 Å². The van der Waals surface area contributed by atoms with Gasteiger partial charge in [-0.2, -0.15) is 0 Å². The number of nitrogens with one attached hydrogen (secondary N) is 1. The summed E-state index contributed by atoms with van der Waals surface area (Å²) in [5.74, 6) is -1.37. The highest BCUT2D eigenvalue weighted by Crippen LogP contribution is 2.22. The zero-order valence-corrected chi connectivity index (χ0v) is 11.6. The zero-order valence-electron chi connectivity index (χ0n) is 10.9. The van der Waals surface area contributed by atoms with Gasteiger partial charge in [0.2, 0.25) is 11.8 Å². The fourth-order valence-electron chi connectivity index (χ4n) is 2.11. The van der Waals surface area contributed by atoms with Crippen LogP contribution in [0.25, 0.3) is 0 Å². The molecule has 1 fully saturated rings. The third-order valence-corrected chi connectivity index (χ3v) is 3.48. The lowest BCUT2D eigenvalue weighted by Crippen LogP contribution is -2.59. The molecule has 1 aliphatic heterocycles. The molecule has 0 bridgehead atoms. The molecule has 1 saturated heterocycles. The molecule has 7 heteroatoms. The number of benzene rings is 1. The summed E-state index contributed by atoms with van der Waals surface area (Å²) in [6.45, 7) is 1.63. The van der Waals surface area contributed by atoms with Crippen LogP contribution in [-0.2, 0) is 9.59 Å². The lowest BCUT2D eigenvalue weighted by molar-refractivity contribution is -0.138. The van der Waals surface area contributed by atoms with Gasteiger partial charge >= 0.3 is 0 Å². The van der Waals surface area contributed by atoms with E-state index in [1.54, 1.807) is 6.92 Å². The molecule has 0 spiro atoms. The quantitative estimate of drug-likeness (QED) is 0.623. The minimum Gasteiger partial charge on any atom is -0.398 e. The van der Waals surface area contributed by atoms with Crippen molar-refractivity contribution < 1.29 is 14.4 Å². The van der Waals surface area contributed by atoms with Crippen molar-refractivity contribution in [3.8, 4) is 0 Å². The van der Waals surface area contributed by atoms with Crippen LogP contribution in [0.3, 0.4) is 0 Å². The van der Waals surface area contributed by atoms with E-state index in [-0.39, 0.29) is 11.6 Å². The molecule has 0 radical (unpaired) electrons. The molecular formula is C13H14ClN3O3. The molecule has 1 aromatic rings. The number of hydrogen-bond donors (Lipinski definition) is 2. The van der Waals surface area contributed by atoms with Gasteiger partial charge in [0.15, 0.2) is 0 Å². The second-order valence-corrected chi connectivity index (χ2v) is 4.91. The Morgan fingerprint density at radius 2 is 2.20 bits per heavy atom. The standard InChI is InChI=1S/C13H14ClN3O3/c1-2-10-12(19)16-11(18)6-17(10)13(20)7-3-4-9(15)8(14)5-7/h3-5,10H,2,6,15H2,1H3,(H,16,18,19). The molecule has 0 aliphatic carbocycles.